The molecule has 0 aliphatic carbocycles. The van der Waals surface area contributed by atoms with Gasteiger partial charge in [0.1, 0.15) is 5.75 Å². The lowest BCUT2D eigenvalue weighted by Crippen LogP contribution is -2.13. The minimum absolute atomic E-state index is 0.344. The van der Waals surface area contributed by atoms with E-state index in [9.17, 15) is 4.79 Å². The number of amides is 1. The molecule has 0 saturated carbocycles. The van der Waals surface area contributed by atoms with Crippen molar-refractivity contribution in [2.24, 2.45) is 5.73 Å². The van der Waals surface area contributed by atoms with Crippen LogP contribution in [0.3, 0.4) is 0 Å². The molecule has 0 spiro atoms. The molecule has 1 aromatic carbocycles. The molecule has 1 rings (SSSR count). The SMILES string of the molecule is CCCCCCCOc1ccc(Cl)cc1C(N)=O. The summed E-state index contributed by atoms with van der Waals surface area (Å²) in [5.41, 5.74) is 5.62. The van der Waals surface area contributed by atoms with Crippen molar-refractivity contribution in [1.29, 1.82) is 0 Å². The van der Waals surface area contributed by atoms with Crippen LogP contribution in [0.2, 0.25) is 5.02 Å². The van der Waals surface area contributed by atoms with E-state index in [1.807, 2.05) is 0 Å². The molecular formula is C14H20ClNO2. The number of benzene rings is 1. The summed E-state index contributed by atoms with van der Waals surface area (Å²) in [6.45, 7) is 2.79. The van der Waals surface area contributed by atoms with Crippen molar-refractivity contribution in [3.8, 4) is 5.75 Å². The van der Waals surface area contributed by atoms with Gasteiger partial charge in [0.2, 0.25) is 0 Å². The number of hydrogen-bond acceptors (Lipinski definition) is 2. The minimum atomic E-state index is -0.515. The lowest BCUT2D eigenvalue weighted by Gasteiger charge is -2.09. The van der Waals surface area contributed by atoms with E-state index in [-0.39, 0.29) is 0 Å². The molecular weight excluding hydrogens is 250 g/mol. The number of carbonyl (C=O) groups is 1. The van der Waals surface area contributed by atoms with E-state index >= 15 is 0 Å². The monoisotopic (exact) mass is 269 g/mol. The first kappa shape index (κ1) is 14.8. The third-order valence-corrected chi connectivity index (χ3v) is 2.95. The van der Waals surface area contributed by atoms with Gasteiger partial charge < -0.3 is 10.5 Å². The Labute approximate surface area is 113 Å². The summed E-state index contributed by atoms with van der Waals surface area (Å²) in [7, 11) is 0. The first-order valence-electron chi connectivity index (χ1n) is 6.37. The molecule has 0 aromatic heterocycles. The summed E-state index contributed by atoms with van der Waals surface area (Å²) < 4.78 is 5.57. The number of halogens is 1. The molecule has 18 heavy (non-hydrogen) atoms. The van der Waals surface area contributed by atoms with E-state index in [1.165, 1.54) is 25.3 Å². The molecule has 0 aliphatic rings. The van der Waals surface area contributed by atoms with Gasteiger partial charge in [0, 0.05) is 5.02 Å². The van der Waals surface area contributed by atoms with Crippen molar-refractivity contribution in [3.05, 3.63) is 28.8 Å². The molecule has 0 bridgehead atoms. The van der Waals surface area contributed by atoms with Gasteiger partial charge in [-0.3, -0.25) is 4.79 Å². The zero-order valence-corrected chi connectivity index (χ0v) is 11.5. The van der Waals surface area contributed by atoms with Crippen LogP contribution in [-0.4, -0.2) is 12.5 Å². The molecule has 0 unspecified atom stereocenters. The zero-order valence-electron chi connectivity index (χ0n) is 10.7. The van der Waals surface area contributed by atoms with Crippen LogP contribution in [0.25, 0.3) is 0 Å². The van der Waals surface area contributed by atoms with Crippen LogP contribution in [0.5, 0.6) is 5.75 Å². The molecule has 0 radical (unpaired) electrons. The van der Waals surface area contributed by atoms with Crippen molar-refractivity contribution < 1.29 is 9.53 Å². The van der Waals surface area contributed by atoms with Crippen LogP contribution in [-0.2, 0) is 0 Å². The number of unbranched alkanes of at least 4 members (excludes halogenated alkanes) is 4. The number of carbonyl (C=O) groups excluding carboxylic acids is 1. The Morgan fingerprint density at radius 3 is 2.67 bits per heavy atom. The summed E-state index contributed by atoms with van der Waals surface area (Å²) in [6.07, 6.45) is 5.84. The number of ether oxygens (including phenoxy) is 1. The van der Waals surface area contributed by atoms with Gasteiger partial charge in [-0.05, 0) is 24.6 Å². The first-order chi connectivity index (χ1) is 8.65. The van der Waals surface area contributed by atoms with Crippen molar-refractivity contribution >= 4 is 17.5 Å². The molecule has 1 aromatic rings. The Hall–Kier alpha value is -1.22. The number of primary amides is 1. The summed E-state index contributed by atoms with van der Waals surface area (Å²) in [5.74, 6) is 0.000810. The highest BCUT2D eigenvalue weighted by Crippen LogP contribution is 2.22. The van der Waals surface area contributed by atoms with E-state index in [0.717, 1.165) is 12.8 Å². The first-order valence-corrected chi connectivity index (χ1v) is 6.75. The van der Waals surface area contributed by atoms with E-state index in [1.54, 1.807) is 12.1 Å². The molecule has 1 amide bonds. The molecule has 0 aliphatic heterocycles. The summed E-state index contributed by atoms with van der Waals surface area (Å²) in [6, 6.07) is 4.92. The van der Waals surface area contributed by atoms with Crippen molar-refractivity contribution in [2.75, 3.05) is 6.61 Å². The summed E-state index contributed by atoms with van der Waals surface area (Å²) >= 11 is 5.82. The van der Waals surface area contributed by atoms with Crippen LogP contribution in [0.15, 0.2) is 18.2 Å². The van der Waals surface area contributed by atoms with Gasteiger partial charge in [0.05, 0.1) is 12.2 Å². The Morgan fingerprint density at radius 1 is 1.28 bits per heavy atom. The van der Waals surface area contributed by atoms with Crippen LogP contribution < -0.4 is 10.5 Å². The fourth-order valence-corrected chi connectivity index (χ4v) is 1.88. The highest BCUT2D eigenvalue weighted by atomic mass is 35.5. The summed E-state index contributed by atoms with van der Waals surface area (Å²) in [4.78, 5) is 11.2. The maximum Gasteiger partial charge on any atom is 0.252 e. The van der Waals surface area contributed by atoms with Gasteiger partial charge in [-0.1, -0.05) is 44.2 Å². The second-order valence-corrected chi connectivity index (χ2v) is 4.70. The van der Waals surface area contributed by atoms with Crippen LogP contribution in [0.4, 0.5) is 0 Å². The van der Waals surface area contributed by atoms with Gasteiger partial charge in [0.15, 0.2) is 0 Å². The molecule has 3 nitrogen and oxygen atoms in total. The molecule has 2 N–H and O–H groups in total. The van der Waals surface area contributed by atoms with E-state index < -0.39 is 5.91 Å². The number of hydrogen-bond donors (Lipinski definition) is 1. The van der Waals surface area contributed by atoms with Gasteiger partial charge in [-0.25, -0.2) is 0 Å². The highest BCUT2D eigenvalue weighted by molar-refractivity contribution is 6.31. The lowest BCUT2D eigenvalue weighted by molar-refractivity contribution is 0.0996. The lowest BCUT2D eigenvalue weighted by atomic mass is 10.1. The summed E-state index contributed by atoms with van der Waals surface area (Å²) in [5, 5.41) is 0.485. The van der Waals surface area contributed by atoms with Crippen molar-refractivity contribution in [2.45, 2.75) is 39.0 Å². The van der Waals surface area contributed by atoms with Crippen LogP contribution in [0, 0.1) is 0 Å². The Kier molecular flexibility index (Phi) is 6.58. The molecule has 4 heteroatoms. The average molecular weight is 270 g/mol. The van der Waals surface area contributed by atoms with Crippen LogP contribution >= 0.6 is 11.6 Å². The third-order valence-electron chi connectivity index (χ3n) is 2.71. The maximum absolute atomic E-state index is 11.2. The zero-order chi connectivity index (χ0) is 13.4. The predicted molar refractivity (Wildman–Crippen MR) is 74.2 cm³/mol. The Morgan fingerprint density at radius 2 is 2.00 bits per heavy atom. The number of rotatable bonds is 8. The highest BCUT2D eigenvalue weighted by Gasteiger charge is 2.09. The van der Waals surface area contributed by atoms with Crippen molar-refractivity contribution in [1.82, 2.24) is 0 Å². The Balaban J connectivity index is 2.44. The standard InChI is InChI=1S/C14H20ClNO2/c1-2-3-4-5-6-9-18-13-8-7-11(15)10-12(13)14(16)17/h7-8,10H,2-6,9H2,1H3,(H2,16,17). The fraction of sp³-hybridized carbons (Fsp3) is 0.500. The van der Waals surface area contributed by atoms with Crippen LogP contribution in [0.1, 0.15) is 49.4 Å². The second kappa shape index (κ2) is 7.98. The predicted octanol–water partition coefficient (Wildman–Crippen LogP) is 3.79. The second-order valence-electron chi connectivity index (χ2n) is 4.27. The van der Waals surface area contributed by atoms with Gasteiger partial charge in [-0.15, -0.1) is 0 Å². The molecule has 100 valence electrons. The molecule has 0 heterocycles. The largest absolute Gasteiger partial charge is 0.493 e. The number of nitrogens with two attached hydrogens (primary N) is 1. The normalized spacial score (nSPS) is 10.3. The fourth-order valence-electron chi connectivity index (χ4n) is 1.71. The maximum atomic E-state index is 11.2. The molecule has 0 saturated heterocycles. The van der Waals surface area contributed by atoms with Gasteiger partial charge in [0.25, 0.3) is 5.91 Å². The molecule has 0 atom stereocenters. The molecule has 0 fully saturated rings. The topological polar surface area (TPSA) is 52.3 Å². The quantitative estimate of drug-likeness (QED) is 0.730. The third kappa shape index (κ3) is 4.96. The smallest absolute Gasteiger partial charge is 0.252 e. The minimum Gasteiger partial charge on any atom is -0.493 e. The van der Waals surface area contributed by atoms with E-state index in [2.05, 4.69) is 6.92 Å². The van der Waals surface area contributed by atoms with Gasteiger partial charge >= 0.3 is 0 Å². The van der Waals surface area contributed by atoms with E-state index in [0.29, 0.717) is 22.9 Å². The Bertz CT molecular complexity index is 393. The van der Waals surface area contributed by atoms with Crippen molar-refractivity contribution in [3.63, 3.8) is 0 Å². The average Bonchev–Trinajstić information content (AvgIpc) is 2.35. The van der Waals surface area contributed by atoms with E-state index in [4.69, 9.17) is 22.1 Å². The van der Waals surface area contributed by atoms with Gasteiger partial charge in [-0.2, -0.15) is 0 Å².